The van der Waals surface area contributed by atoms with Crippen LogP contribution in [0.15, 0.2) is 51.4 Å². The van der Waals surface area contributed by atoms with E-state index in [1.165, 1.54) is 0 Å². The van der Waals surface area contributed by atoms with Gasteiger partial charge < -0.3 is 13.9 Å². The standard InChI is InChI=1S/C19H14O4/c1-3-13-16-12(8-6-10-15(16)21-2)18-19(22-13)17(20)11-7-4-5-9-14(11)23-18/h1,4-5,7-10,13,16H,6H2,2H3. The van der Waals surface area contributed by atoms with Crippen LogP contribution in [-0.2, 0) is 4.74 Å². The van der Waals surface area contributed by atoms with Gasteiger partial charge in [0.05, 0.1) is 18.4 Å². The van der Waals surface area contributed by atoms with E-state index in [2.05, 4.69) is 5.92 Å². The van der Waals surface area contributed by atoms with Crippen LogP contribution in [0.4, 0.5) is 0 Å². The lowest BCUT2D eigenvalue weighted by atomic mass is 9.83. The number of methoxy groups -OCH3 is 1. The number of benzene rings is 1. The van der Waals surface area contributed by atoms with Crippen molar-refractivity contribution in [1.82, 2.24) is 0 Å². The van der Waals surface area contributed by atoms with Crippen molar-refractivity contribution in [3.63, 3.8) is 0 Å². The number of fused-ring (bicyclic) bond motifs is 4. The molecule has 1 aliphatic heterocycles. The molecule has 0 radical (unpaired) electrons. The maximum absolute atomic E-state index is 12.7. The van der Waals surface area contributed by atoms with E-state index in [9.17, 15) is 4.79 Å². The van der Waals surface area contributed by atoms with Gasteiger partial charge in [-0.1, -0.05) is 24.1 Å². The van der Waals surface area contributed by atoms with E-state index >= 15 is 0 Å². The first kappa shape index (κ1) is 13.7. The molecule has 4 nitrogen and oxygen atoms in total. The Balaban J connectivity index is 2.01. The van der Waals surface area contributed by atoms with E-state index in [-0.39, 0.29) is 17.1 Å². The van der Waals surface area contributed by atoms with Crippen LogP contribution in [0.1, 0.15) is 12.2 Å². The minimum absolute atomic E-state index is 0.187. The SMILES string of the molecule is C#CC1Oc2c(oc3ccccc3c2=O)C2=CCC=C(OC)C21. The Hall–Kier alpha value is -2.93. The van der Waals surface area contributed by atoms with Crippen molar-refractivity contribution in [3.8, 4) is 18.1 Å². The van der Waals surface area contributed by atoms with Crippen molar-refractivity contribution in [2.75, 3.05) is 7.11 Å². The molecular formula is C19H14O4. The number of ether oxygens (including phenoxy) is 2. The average Bonchev–Trinajstić information content (AvgIpc) is 2.61. The molecule has 2 atom stereocenters. The van der Waals surface area contributed by atoms with Gasteiger partial charge in [-0.3, -0.25) is 4.79 Å². The summed E-state index contributed by atoms with van der Waals surface area (Å²) in [5, 5.41) is 0.486. The van der Waals surface area contributed by atoms with Crippen molar-refractivity contribution in [2.45, 2.75) is 12.5 Å². The van der Waals surface area contributed by atoms with Gasteiger partial charge in [0.1, 0.15) is 11.3 Å². The zero-order valence-electron chi connectivity index (χ0n) is 12.5. The third-order valence-electron chi connectivity index (χ3n) is 4.26. The highest BCUT2D eigenvalue weighted by Gasteiger charge is 2.40. The molecule has 0 saturated carbocycles. The molecule has 2 aliphatic rings. The largest absolute Gasteiger partial charge is 0.501 e. The Kier molecular flexibility index (Phi) is 3.02. The number of para-hydroxylation sites is 1. The lowest BCUT2D eigenvalue weighted by molar-refractivity contribution is 0.158. The molecule has 114 valence electrons. The third kappa shape index (κ3) is 1.90. The van der Waals surface area contributed by atoms with E-state index in [0.717, 1.165) is 11.3 Å². The van der Waals surface area contributed by atoms with Crippen molar-refractivity contribution < 1.29 is 13.9 Å². The van der Waals surface area contributed by atoms with Crippen LogP contribution in [-0.4, -0.2) is 13.2 Å². The third-order valence-corrected chi connectivity index (χ3v) is 4.26. The van der Waals surface area contributed by atoms with Gasteiger partial charge in [0.2, 0.25) is 11.2 Å². The molecule has 23 heavy (non-hydrogen) atoms. The summed E-state index contributed by atoms with van der Waals surface area (Å²) in [7, 11) is 1.61. The smallest absolute Gasteiger partial charge is 0.235 e. The van der Waals surface area contributed by atoms with Gasteiger partial charge in [-0.25, -0.2) is 0 Å². The Morgan fingerprint density at radius 2 is 2.13 bits per heavy atom. The molecule has 2 unspecified atom stereocenters. The Labute approximate surface area is 133 Å². The molecule has 1 aromatic heterocycles. The van der Waals surface area contributed by atoms with E-state index in [1.807, 2.05) is 18.2 Å². The minimum atomic E-state index is -0.593. The van der Waals surface area contributed by atoms with Gasteiger partial charge in [-0.05, 0) is 24.6 Å². The second kappa shape index (κ2) is 5.06. The Bertz CT molecular complexity index is 955. The van der Waals surface area contributed by atoms with Gasteiger partial charge in [-0.15, -0.1) is 6.42 Å². The summed E-state index contributed by atoms with van der Waals surface area (Å²) < 4.78 is 17.2. The molecule has 4 rings (SSSR count). The number of terminal acetylenes is 1. The maximum Gasteiger partial charge on any atom is 0.235 e. The fraction of sp³-hybridized carbons (Fsp3) is 0.211. The summed E-state index contributed by atoms with van der Waals surface area (Å²) in [5.74, 6) is 3.75. The fourth-order valence-corrected chi connectivity index (χ4v) is 3.21. The van der Waals surface area contributed by atoms with Crippen molar-refractivity contribution in [1.29, 1.82) is 0 Å². The fourth-order valence-electron chi connectivity index (χ4n) is 3.21. The molecule has 0 N–H and O–H groups in total. The molecule has 0 amide bonds. The summed E-state index contributed by atoms with van der Waals surface area (Å²) in [6.45, 7) is 0. The molecule has 2 aromatic rings. The molecule has 0 fully saturated rings. The van der Waals surface area contributed by atoms with Crippen LogP contribution in [0.3, 0.4) is 0 Å². The summed E-state index contributed by atoms with van der Waals surface area (Å²) in [4.78, 5) is 12.7. The number of allylic oxidation sites excluding steroid dienone is 2. The number of rotatable bonds is 1. The Morgan fingerprint density at radius 1 is 1.30 bits per heavy atom. The Morgan fingerprint density at radius 3 is 2.91 bits per heavy atom. The first-order chi connectivity index (χ1) is 11.2. The van der Waals surface area contributed by atoms with E-state index < -0.39 is 6.10 Å². The molecule has 1 aromatic carbocycles. The maximum atomic E-state index is 12.7. The monoisotopic (exact) mass is 306 g/mol. The van der Waals surface area contributed by atoms with Crippen LogP contribution in [0.2, 0.25) is 0 Å². The van der Waals surface area contributed by atoms with Crippen LogP contribution >= 0.6 is 0 Å². The van der Waals surface area contributed by atoms with Crippen LogP contribution < -0.4 is 10.2 Å². The number of hydrogen-bond acceptors (Lipinski definition) is 4. The molecule has 2 heterocycles. The highest BCUT2D eigenvalue weighted by molar-refractivity contribution is 5.83. The predicted molar refractivity (Wildman–Crippen MR) is 86.9 cm³/mol. The normalized spacial score (nSPS) is 22.1. The molecule has 0 bridgehead atoms. The van der Waals surface area contributed by atoms with Gasteiger partial charge >= 0.3 is 0 Å². The second-order valence-corrected chi connectivity index (χ2v) is 5.47. The molecule has 0 spiro atoms. The highest BCUT2D eigenvalue weighted by atomic mass is 16.5. The predicted octanol–water partition coefficient (Wildman–Crippen LogP) is 3.12. The van der Waals surface area contributed by atoms with Gasteiger partial charge in [0.25, 0.3) is 0 Å². The summed E-state index contributed by atoms with van der Waals surface area (Å²) in [6, 6.07) is 7.12. The molecular weight excluding hydrogens is 292 g/mol. The first-order valence-electron chi connectivity index (χ1n) is 7.37. The van der Waals surface area contributed by atoms with Crippen molar-refractivity contribution in [3.05, 3.63) is 58.2 Å². The average molecular weight is 306 g/mol. The highest BCUT2D eigenvalue weighted by Crippen LogP contribution is 2.44. The van der Waals surface area contributed by atoms with Crippen molar-refractivity contribution >= 4 is 16.5 Å². The first-order valence-corrected chi connectivity index (χ1v) is 7.37. The zero-order valence-corrected chi connectivity index (χ0v) is 12.5. The van der Waals surface area contributed by atoms with E-state index in [1.54, 1.807) is 25.3 Å². The van der Waals surface area contributed by atoms with E-state index in [0.29, 0.717) is 23.2 Å². The van der Waals surface area contributed by atoms with Gasteiger partial charge in [0, 0.05) is 5.57 Å². The quantitative estimate of drug-likeness (QED) is 0.760. The summed E-state index contributed by atoms with van der Waals surface area (Å²) in [5.41, 5.74) is 1.19. The van der Waals surface area contributed by atoms with E-state index in [4.69, 9.17) is 20.3 Å². The lowest BCUT2D eigenvalue weighted by Crippen LogP contribution is -2.36. The molecule has 4 heteroatoms. The zero-order chi connectivity index (χ0) is 16.0. The minimum Gasteiger partial charge on any atom is -0.501 e. The summed E-state index contributed by atoms with van der Waals surface area (Å²) in [6.07, 6.45) is 9.71. The molecule has 0 saturated heterocycles. The molecule has 1 aliphatic carbocycles. The summed E-state index contributed by atoms with van der Waals surface area (Å²) >= 11 is 0. The topological polar surface area (TPSA) is 48.7 Å². The van der Waals surface area contributed by atoms with Gasteiger partial charge in [-0.2, -0.15) is 0 Å². The lowest BCUT2D eigenvalue weighted by Gasteiger charge is -2.34. The second-order valence-electron chi connectivity index (χ2n) is 5.47. The van der Waals surface area contributed by atoms with Crippen LogP contribution in [0.5, 0.6) is 5.75 Å². The van der Waals surface area contributed by atoms with Crippen LogP contribution in [0, 0.1) is 18.3 Å². The number of hydrogen-bond donors (Lipinski definition) is 0. The van der Waals surface area contributed by atoms with Crippen molar-refractivity contribution in [2.24, 2.45) is 5.92 Å². The van der Waals surface area contributed by atoms with Crippen LogP contribution in [0.25, 0.3) is 16.5 Å². The van der Waals surface area contributed by atoms with Gasteiger partial charge in [0.15, 0.2) is 11.9 Å².